The lowest BCUT2D eigenvalue weighted by molar-refractivity contribution is -0.150. The second-order valence-corrected chi connectivity index (χ2v) is 6.13. The van der Waals surface area contributed by atoms with Gasteiger partial charge < -0.3 is 4.74 Å². The summed E-state index contributed by atoms with van der Waals surface area (Å²) in [6.07, 6.45) is 4.23. The smallest absolute Gasteiger partial charge is 0.307 e. The molecule has 78 valence electrons. The van der Waals surface area contributed by atoms with Crippen molar-refractivity contribution in [2.75, 3.05) is 0 Å². The fourth-order valence-electron chi connectivity index (χ4n) is 4.64. The van der Waals surface area contributed by atoms with E-state index in [1.54, 1.807) is 0 Å². The van der Waals surface area contributed by atoms with Crippen LogP contribution in [0, 0.1) is 16.7 Å². The molecule has 2 saturated carbocycles. The molecule has 1 heterocycles. The van der Waals surface area contributed by atoms with Crippen LogP contribution in [0.1, 0.15) is 46.5 Å². The highest BCUT2D eigenvalue weighted by Crippen LogP contribution is 2.74. The van der Waals surface area contributed by atoms with Crippen LogP contribution in [0.3, 0.4) is 0 Å². The van der Waals surface area contributed by atoms with E-state index < -0.39 is 0 Å². The molecule has 14 heavy (non-hydrogen) atoms. The van der Waals surface area contributed by atoms with Gasteiger partial charge in [0.05, 0.1) is 6.42 Å². The first-order chi connectivity index (χ1) is 6.41. The summed E-state index contributed by atoms with van der Waals surface area (Å²) in [4.78, 5) is 11.5. The molecule has 3 rings (SSSR count). The van der Waals surface area contributed by atoms with Crippen molar-refractivity contribution in [1.82, 2.24) is 0 Å². The summed E-state index contributed by atoms with van der Waals surface area (Å²) < 4.78 is 5.59. The second-order valence-electron chi connectivity index (χ2n) is 6.13. The van der Waals surface area contributed by atoms with Gasteiger partial charge in [-0.2, -0.15) is 0 Å². The minimum atomic E-state index is -0.142. The molecule has 0 amide bonds. The molecule has 0 radical (unpaired) electrons. The molecule has 2 bridgehead atoms. The maximum absolute atomic E-state index is 11.5. The first kappa shape index (κ1) is 8.75. The van der Waals surface area contributed by atoms with Gasteiger partial charge in [0.15, 0.2) is 0 Å². The molecule has 2 heteroatoms. The van der Waals surface area contributed by atoms with E-state index in [1.807, 2.05) is 0 Å². The van der Waals surface area contributed by atoms with E-state index in [1.165, 1.54) is 12.8 Å². The van der Waals surface area contributed by atoms with Gasteiger partial charge in [-0.1, -0.05) is 13.8 Å². The third-order valence-electron chi connectivity index (χ3n) is 5.61. The Balaban J connectivity index is 2.16. The third kappa shape index (κ3) is 0.636. The van der Waals surface area contributed by atoms with Gasteiger partial charge in [-0.3, -0.25) is 4.79 Å². The molecule has 0 aromatic heterocycles. The highest BCUT2D eigenvalue weighted by Gasteiger charge is 2.74. The molecular weight excluding hydrogens is 176 g/mol. The van der Waals surface area contributed by atoms with Gasteiger partial charge >= 0.3 is 5.97 Å². The van der Waals surface area contributed by atoms with Crippen LogP contribution in [-0.4, -0.2) is 11.6 Å². The van der Waals surface area contributed by atoms with Crippen molar-refractivity contribution in [1.29, 1.82) is 0 Å². The quantitative estimate of drug-likeness (QED) is 0.554. The van der Waals surface area contributed by atoms with Crippen LogP contribution < -0.4 is 0 Å². The average molecular weight is 194 g/mol. The van der Waals surface area contributed by atoms with E-state index in [2.05, 4.69) is 20.8 Å². The molecule has 1 spiro atoms. The van der Waals surface area contributed by atoms with E-state index in [4.69, 9.17) is 4.74 Å². The molecular formula is C12H18O2. The summed E-state index contributed by atoms with van der Waals surface area (Å²) in [6, 6.07) is 0. The van der Waals surface area contributed by atoms with Crippen molar-refractivity contribution in [2.45, 2.75) is 52.1 Å². The minimum absolute atomic E-state index is 0.0286. The van der Waals surface area contributed by atoms with Gasteiger partial charge in [0.25, 0.3) is 0 Å². The summed E-state index contributed by atoms with van der Waals surface area (Å²) in [7, 11) is 0. The molecule has 3 fully saturated rings. The Bertz CT molecular complexity index is 320. The Morgan fingerprint density at radius 2 is 2.07 bits per heavy atom. The van der Waals surface area contributed by atoms with E-state index in [-0.39, 0.29) is 17.0 Å². The first-order valence-electron chi connectivity index (χ1n) is 5.63. The molecule has 0 aromatic rings. The maximum atomic E-state index is 11.5. The zero-order chi connectivity index (χ0) is 10.2. The van der Waals surface area contributed by atoms with Crippen LogP contribution in [0.5, 0.6) is 0 Å². The number of fused-ring (bicyclic) bond motifs is 1. The first-order valence-corrected chi connectivity index (χ1v) is 5.63. The van der Waals surface area contributed by atoms with Crippen LogP contribution in [0.4, 0.5) is 0 Å². The van der Waals surface area contributed by atoms with Gasteiger partial charge in [0.1, 0.15) is 5.60 Å². The Hall–Kier alpha value is -0.530. The predicted molar refractivity (Wildman–Crippen MR) is 52.7 cm³/mol. The number of ether oxygens (including phenoxy) is 1. The SMILES string of the molecule is CC1(C)[C@H]2CC[C@]13CC(=O)O[C@@]3(C)C2. The van der Waals surface area contributed by atoms with Gasteiger partial charge in [0, 0.05) is 5.41 Å². The zero-order valence-electron chi connectivity index (χ0n) is 9.22. The summed E-state index contributed by atoms with van der Waals surface area (Å²) in [5.41, 5.74) is 0.312. The largest absolute Gasteiger partial charge is 0.459 e. The number of esters is 1. The van der Waals surface area contributed by atoms with Crippen molar-refractivity contribution in [3.05, 3.63) is 0 Å². The number of hydrogen-bond acceptors (Lipinski definition) is 2. The van der Waals surface area contributed by atoms with E-state index >= 15 is 0 Å². The van der Waals surface area contributed by atoms with Gasteiger partial charge in [-0.05, 0) is 37.5 Å². The molecule has 3 atom stereocenters. The summed E-state index contributed by atoms with van der Waals surface area (Å²) >= 11 is 0. The lowest BCUT2D eigenvalue weighted by atomic mass is 9.63. The van der Waals surface area contributed by atoms with Gasteiger partial charge in [0.2, 0.25) is 0 Å². The second kappa shape index (κ2) is 2.02. The number of carbonyl (C=O) groups excluding carboxylic acids is 1. The molecule has 2 aliphatic carbocycles. The highest BCUT2D eigenvalue weighted by atomic mass is 16.6. The maximum Gasteiger partial charge on any atom is 0.307 e. The Morgan fingerprint density at radius 3 is 2.64 bits per heavy atom. The van der Waals surface area contributed by atoms with E-state index in [0.717, 1.165) is 12.3 Å². The molecule has 2 nitrogen and oxygen atoms in total. The fraction of sp³-hybridized carbons (Fsp3) is 0.917. The minimum Gasteiger partial charge on any atom is -0.459 e. The molecule has 3 aliphatic rings. The Morgan fingerprint density at radius 1 is 1.36 bits per heavy atom. The van der Waals surface area contributed by atoms with Crippen LogP contribution >= 0.6 is 0 Å². The molecule has 1 saturated heterocycles. The lowest BCUT2D eigenvalue weighted by Crippen LogP contribution is -2.43. The number of rotatable bonds is 0. The summed E-state index contributed by atoms with van der Waals surface area (Å²) in [5, 5.41) is 0. The molecule has 0 unspecified atom stereocenters. The van der Waals surface area contributed by atoms with Crippen LogP contribution in [0.25, 0.3) is 0 Å². The third-order valence-corrected chi connectivity index (χ3v) is 5.61. The Labute approximate surface area is 85.0 Å². The van der Waals surface area contributed by atoms with Gasteiger partial charge in [-0.25, -0.2) is 0 Å². The van der Waals surface area contributed by atoms with E-state index in [0.29, 0.717) is 11.8 Å². The van der Waals surface area contributed by atoms with Crippen LogP contribution in [0.15, 0.2) is 0 Å². The van der Waals surface area contributed by atoms with Crippen molar-refractivity contribution in [3.8, 4) is 0 Å². The molecule has 0 N–H and O–H groups in total. The zero-order valence-corrected chi connectivity index (χ0v) is 9.22. The summed E-state index contributed by atoms with van der Waals surface area (Å²) in [6.45, 7) is 6.81. The number of hydrogen-bond donors (Lipinski definition) is 0. The monoisotopic (exact) mass is 194 g/mol. The van der Waals surface area contributed by atoms with Crippen molar-refractivity contribution < 1.29 is 9.53 Å². The van der Waals surface area contributed by atoms with Crippen molar-refractivity contribution in [3.63, 3.8) is 0 Å². The van der Waals surface area contributed by atoms with Crippen molar-refractivity contribution in [2.24, 2.45) is 16.7 Å². The average Bonchev–Trinajstić information content (AvgIpc) is 2.50. The van der Waals surface area contributed by atoms with Crippen LogP contribution in [-0.2, 0) is 9.53 Å². The topological polar surface area (TPSA) is 26.3 Å². The van der Waals surface area contributed by atoms with E-state index in [9.17, 15) is 4.79 Å². The fourth-order valence-corrected chi connectivity index (χ4v) is 4.64. The van der Waals surface area contributed by atoms with Gasteiger partial charge in [-0.15, -0.1) is 0 Å². The lowest BCUT2D eigenvalue weighted by Gasteiger charge is -2.41. The number of carbonyl (C=O) groups is 1. The molecule has 0 aromatic carbocycles. The highest BCUT2D eigenvalue weighted by molar-refractivity contribution is 5.75. The van der Waals surface area contributed by atoms with Crippen LogP contribution in [0.2, 0.25) is 0 Å². The standard InChI is InChI=1S/C12H18O2/c1-10(2)8-4-5-12(10)7-9(13)14-11(12,3)6-8/h8H,4-7H2,1-3H3/t8-,11-,12-/m0/s1. The van der Waals surface area contributed by atoms with Crippen molar-refractivity contribution >= 4 is 5.97 Å². The summed E-state index contributed by atoms with van der Waals surface area (Å²) in [5.74, 6) is 0.793. The normalized spacial score (nSPS) is 53.4. The predicted octanol–water partition coefficient (Wildman–Crippen LogP) is 2.52. The molecule has 1 aliphatic heterocycles. The Kier molecular flexibility index (Phi) is 1.27.